The van der Waals surface area contributed by atoms with Gasteiger partial charge >= 0.3 is 0 Å². The van der Waals surface area contributed by atoms with E-state index in [1.165, 1.54) is 16.3 Å². The molecular formula is C28H24N4O3S2. The van der Waals surface area contributed by atoms with Gasteiger partial charge in [0.1, 0.15) is 16.8 Å². The smallest absolute Gasteiger partial charge is 0.283 e. The van der Waals surface area contributed by atoms with Crippen molar-refractivity contribution < 1.29 is 9.53 Å². The number of fused-ring (bicyclic) bond motifs is 1. The Kier molecular flexibility index (Phi) is 7.34. The molecule has 186 valence electrons. The number of rotatable bonds is 8. The van der Waals surface area contributed by atoms with Gasteiger partial charge in [-0.1, -0.05) is 48.2 Å². The number of hydrogen-bond donors (Lipinski definition) is 2. The van der Waals surface area contributed by atoms with Gasteiger partial charge in [-0.2, -0.15) is 0 Å². The fourth-order valence-corrected chi connectivity index (χ4v) is 5.23. The number of nitrogens with zero attached hydrogens (tertiary/aromatic N) is 2. The summed E-state index contributed by atoms with van der Waals surface area (Å²) in [7, 11) is 1.59. The highest BCUT2D eigenvalue weighted by Crippen LogP contribution is 2.29. The van der Waals surface area contributed by atoms with Gasteiger partial charge in [0.05, 0.1) is 18.6 Å². The van der Waals surface area contributed by atoms with Crippen LogP contribution in [0, 0.1) is 0 Å². The number of amides is 1. The molecule has 1 amide bonds. The highest BCUT2D eigenvalue weighted by molar-refractivity contribution is 7.99. The number of thioether (sulfide) groups is 2. The number of aromatic nitrogens is 3. The molecule has 0 radical (unpaired) electrons. The van der Waals surface area contributed by atoms with Gasteiger partial charge in [0.25, 0.3) is 5.56 Å². The SMILES string of the molecule is COc1ccc(-n2c(SCC(=O)Nc3cccc(SC)c3)nc3c(-c4ccccc4)c[nH]c3c2=O)cc1. The van der Waals surface area contributed by atoms with Crippen LogP contribution in [0.3, 0.4) is 0 Å². The average molecular weight is 529 g/mol. The quantitative estimate of drug-likeness (QED) is 0.194. The summed E-state index contributed by atoms with van der Waals surface area (Å²) in [6, 6.07) is 24.6. The van der Waals surface area contributed by atoms with Crippen LogP contribution >= 0.6 is 23.5 Å². The molecule has 0 aliphatic heterocycles. The molecule has 9 heteroatoms. The number of nitrogens with one attached hydrogen (secondary N) is 2. The number of methoxy groups -OCH3 is 1. The largest absolute Gasteiger partial charge is 0.497 e. The lowest BCUT2D eigenvalue weighted by molar-refractivity contribution is -0.113. The zero-order chi connectivity index (χ0) is 25.8. The second-order valence-corrected chi connectivity index (χ2v) is 9.92. The second-order valence-electron chi connectivity index (χ2n) is 8.09. The molecule has 3 aromatic carbocycles. The van der Waals surface area contributed by atoms with Gasteiger partial charge in [0.2, 0.25) is 5.91 Å². The molecule has 7 nitrogen and oxygen atoms in total. The van der Waals surface area contributed by atoms with Gasteiger partial charge in [0, 0.05) is 22.3 Å². The van der Waals surface area contributed by atoms with Gasteiger partial charge in [0.15, 0.2) is 5.16 Å². The summed E-state index contributed by atoms with van der Waals surface area (Å²) in [6.45, 7) is 0. The van der Waals surface area contributed by atoms with E-state index in [-0.39, 0.29) is 17.2 Å². The van der Waals surface area contributed by atoms with Crippen LogP contribution in [0.1, 0.15) is 0 Å². The number of H-pyrrole nitrogens is 1. The van der Waals surface area contributed by atoms with Crippen molar-refractivity contribution in [3.05, 3.63) is 95.4 Å². The normalized spacial score (nSPS) is 11.0. The monoisotopic (exact) mass is 528 g/mol. The number of aromatic amines is 1. The third-order valence-electron chi connectivity index (χ3n) is 5.77. The number of hydrogen-bond acceptors (Lipinski definition) is 6. The van der Waals surface area contributed by atoms with Gasteiger partial charge in [-0.15, -0.1) is 11.8 Å². The molecule has 0 saturated carbocycles. The number of carbonyl (C=O) groups excluding carboxylic acids is 1. The van der Waals surface area contributed by atoms with Gasteiger partial charge in [-0.25, -0.2) is 4.98 Å². The van der Waals surface area contributed by atoms with Crippen molar-refractivity contribution in [1.82, 2.24) is 14.5 Å². The number of ether oxygens (including phenoxy) is 1. The standard InChI is InChI=1S/C28H24N4O3S2/c1-35-21-13-11-20(12-14-21)32-27(34)26-25(23(16-29-26)18-7-4-3-5-8-18)31-28(32)37-17-24(33)30-19-9-6-10-22(15-19)36-2/h3-16,29H,17H2,1-2H3,(H,30,33). The van der Waals surface area contributed by atoms with Crippen LogP contribution in [0.2, 0.25) is 0 Å². The minimum Gasteiger partial charge on any atom is -0.497 e. The van der Waals surface area contributed by atoms with Crippen molar-refractivity contribution in [2.45, 2.75) is 10.1 Å². The van der Waals surface area contributed by atoms with Crippen molar-refractivity contribution in [1.29, 1.82) is 0 Å². The lowest BCUT2D eigenvalue weighted by atomic mass is 10.1. The minimum atomic E-state index is -0.243. The van der Waals surface area contributed by atoms with Gasteiger partial charge < -0.3 is 15.0 Å². The van der Waals surface area contributed by atoms with Gasteiger partial charge in [-0.05, 0) is 54.3 Å². The molecule has 0 atom stereocenters. The Morgan fingerprint density at radius 2 is 1.84 bits per heavy atom. The van der Waals surface area contributed by atoms with E-state index in [4.69, 9.17) is 9.72 Å². The molecule has 2 N–H and O–H groups in total. The first-order chi connectivity index (χ1) is 18.1. The van der Waals surface area contributed by atoms with E-state index in [1.54, 1.807) is 49.3 Å². The first-order valence-electron chi connectivity index (χ1n) is 11.5. The van der Waals surface area contributed by atoms with E-state index in [2.05, 4.69) is 10.3 Å². The molecule has 5 aromatic rings. The summed E-state index contributed by atoms with van der Waals surface area (Å²) < 4.78 is 6.80. The van der Waals surface area contributed by atoms with Crippen LogP contribution in [0.4, 0.5) is 5.69 Å². The summed E-state index contributed by atoms with van der Waals surface area (Å²) in [5.74, 6) is 0.581. The Balaban J connectivity index is 1.53. The molecule has 0 aliphatic rings. The van der Waals surface area contributed by atoms with Crippen LogP contribution in [0.15, 0.2) is 99.9 Å². The van der Waals surface area contributed by atoms with Crippen molar-refractivity contribution >= 4 is 46.2 Å². The van der Waals surface area contributed by atoms with Crippen LogP contribution in [-0.4, -0.2) is 39.6 Å². The highest BCUT2D eigenvalue weighted by Gasteiger charge is 2.19. The van der Waals surface area contributed by atoms with Crippen molar-refractivity contribution in [2.24, 2.45) is 0 Å². The summed E-state index contributed by atoms with van der Waals surface area (Å²) in [4.78, 5) is 35.6. The minimum absolute atomic E-state index is 0.0860. The summed E-state index contributed by atoms with van der Waals surface area (Å²) >= 11 is 2.82. The lowest BCUT2D eigenvalue weighted by Crippen LogP contribution is -2.23. The predicted octanol–water partition coefficient (Wildman–Crippen LogP) is 5.84. The molecule has 37 heavy (non-hydrogen) atoms. The lowest BCUT2D eigenvalue weighted by Gasteiger charge is -2.13. The fourth-order valence-electron chi connectivity index (χ4n) is 3.96. The Labute approximate surface area is 222 Å². The summed E-state index contributed by atoms with van der Waals surface area (Å²) in [5, 5.41) is 3.36. The van der Waals surface area contributed by atoms with Crippen molar-refractivity contribution in [3.8, 4) is 22.6 Å². The summed E-state index contributed by atoms with van der Waals surface area (Å²) in [6.07, 6.45) is 3.79. The maximum atomic E-state index is 13.7. The van der Waals surface area contributed by atoms with Gasteiger partial charge in [-0.3, -0.25) is 14.2 Å². The third-order valence-corrected chi connectivity index (χ3v) is 7.43. The maximum Gasteiger partial charge on any atom is 0.283 e. The zero-order valence-electron chi connectivity index (χ0n) is 20.2. The average Bonchev–Trinajstić information content (AvgIpc) is 3.37. The number of carbonyl (C=O) groups is 1. The van der Waals surface area contributed by atoms with E-state index in [9.17, 15) is 9.59 Å². The summed E-state index contributed by atoms with van der Waals surface area (Å²) in [5.41, 5.74) is 3.86. The van der Waals surface area contributed by atoms with E-state index >= 15 is 0 Å². The molecule has 0 unspecified atom stereocenters. The first kappa shape index (κ1) is 24.7. The van der Waals surface area contributed by atoms with Crippen LogP contribution < -0.4 is 15.6 Å². The van der Waals surface area contributed by atoms with Crippen LogP contribution in [0.5, 0.6) is 5.75 Å². The van der Waals surface area contributed by atoms with E-state index in [1.807, 2.05) is 60.9 Å². The predicted molar refractivity (Wildman–Crippen MR) is 151 cm³/mol. The van der Waals surface area contributed by atoms with Crippen molar-refractivity contribution in [3.63, 3.8) is 0 Å². The molecule has 2 heterocycles. The second kappa shape index (κ2) is 11.0. The molecule has 0 bridgehead atoms. The first-order valence-corrected chi connectivity index (χ1v) is 13.7. The molecular weight excluding hydrogens is 504 g/mol. The topological polar surface area (TPSA) is 89.0 Å². The highest BCUT2D eigenvalue weighted by atomic mass is 32.2. The van der Waals surface area contributed by atoms with E-state index in [0.717, 1.165) is 21.7 Å². The molecule has 0 aliphatic carbocycles. The Morgan fingerprint density at radius 3 is 2.57 bits per heavy atom. The molecule has 0 saturated heterocycles. The van der Waals surface area contributed by atoms with E-state index in [0.29, 0.717) is 27.6 Å². The Morgan fingerprint density at radius 1 is 1.05 bits per heavy atom. The number of anilines is 1. The molecule has 0 spiro atoms. The fraction of sp³-hybridized carbons (Fsp3) is 0.107. The van der Waals surface area contributed by atoms with Crippen LogP contribution in [-0.2, 0) is 4.79 Å². The van der Waals surface area contributed by atoms with Crippen molar-refractivity contribution in [2.75, 3.05) is 24.4 Å². The third kappa shape index (κ3) is 5.28. The maximum absolute atomic E-state index is 13.7. The Hall–Kier alpha value is -3.95. The molecule has 5 rings (SSSR count). The van der Waals surface area contributed by atoms with Crippen LogP contribution in [0.25, 0.3) is 27.8 Å². The molecule has 0 fully saturated rings. The van der Waals surface area contributed by atoms with E-state index < -0.39 is 0 Å². The molecule has 2 aromatic heterocycles. The number of benzene rings is 3. The zero-order valence-corrected chi connectivity index (χ0v) is 21.9. The Bertz CT molecular complexity index is 1610.